The second kappa shape index (κ2) is 7.12. The molecule has 0 aliphatic heterocycles. The van der Waals surface area contributed by atoms with E-state index in [4.69, 9.17) is 0 Å². The summed E-state index contributed by atoms with van der Waals surface area (Å²) < 4.78 is 26.9. The Balaban J connectivity index is 1.62. The van der Waals surface area contributed by atoms with Crippen molar-refractivity contribution in [3.63, 3.8) is 0 Å². The first-order valence-electron chi connectivity index (χ1n) is 9.18. The summed E-state index contributed by atoms with van der Waals surface area (Å²) in [6.07, 6.45) is 3.03. The number of nitrogens with one attached hydrogen (secondary N) is 3. The van der Waals surface area contributed by atoms with Crippen LogP contribution in [-0.4, -0.2) is 23.5 Å². The van der Waals surface area contributed by atoms with Crippen LogP contribution < -0.4 is 10.6 Å². The third-order valence-electron chi connectivity index (χ3n) is 5.11. The van der Waals surface area contributed by atoms with Crippen LogP contribution in [0.1, 0.15) is 35.0 Å². The highest BCUT2D eigenvalue weighted by Crippen LogP contribution is 2.31. The first-order chi connectivity index (χ1) is 13.0. The molecule has 1 aliphatic rings. The van der Waals surface area contributed by atoms with Gasteiger partial charge in [-0.1, -0.05) is 6.92 Å². The smallest absolute Gasteiger partial charge is 0.258 e. The molecule has 0 radical (unpaired) electrons. The van der Waals surface area contributed by atoms with E-state index in [9.17, 15) is 13.6 Å². The van der Waals surface area contributed by atoms with Gasteiger partial charge in [-0.05, 0) is 61.7 Å². The van der Waals surface area contributed by atoms with Gasteiger partial charge in [-0.25, -0.2) is 8.78 Å². The summed E-state index contributed by atoms with van der Waals surface area (Å²) in [6.45, 7) is 3.04. The van der Waals surface area contributed by atoms with Gasteiger partial charge in [0.05, 0.1) is 5.56 Å². The largest absolute Gasteiger partial charge is 0.358 e. The minimum Gasteiger partial charge on any atom is -0.358 e. The van der Waals surface area contributed by atoms with Gasteiger partial charge in [-0.3, -0.25) is 4.79 Å². The molecule has 0 spiro atoms. The summed E-state index contributed by atoms with van der Waals surface area (Å²) in [4.78, 5) is 15.8. The number of aromatic nitrogens is 1. The zero-order chi connectivity index (χ0) is 19.0. The van der Waals surface area contributed by atoms with E-state index in [0.29, 0.717) is 17.8 Å². The Labute approximate surface area is 156 Å². The summed E-state index contributed by atoms with van der Waals surface area (Å²) >= 11 is 0. The van der Waals surface area contributed by atoms with Crippen LogP contribution in [-0.2, 0) is 12.8 Å². The molecule has 1 heterocycles. The minimum atomic E-state index is -0.874. The Morgan fingerprint density at radius 3 is 2.85 bits per heavy atom. The normalized spacial score (nSPS) is 16.3. The van der Waals surface area contributed by atoms with Crippen molar-refractivity contribution in [2.75, 3.05) is 11.9 Å². The average molecular weight is 369 g/mol. The summed E-state index contributed by atoms with van der Waals surface area (Å²) in [6, 6.07) is 9.01. The lowest BCUT2D eigenvalue weighted by Crippen LogP contribution is -2.34. The third-order valence-corrected chi connectivity index (χ3v) is 5.11. The number of carbonyl (C=O) groups excluding carboxylic acids is 1. The van der Waals surface area contributed by atoms with Crippen molar-refractivity contribution in [2.45, 2.75) is 32.2 Å². The van der Waals surface area contributed by atoms with E-state index in [1.807, 2.05) is 12.1 Å². The summed E-state index contributed by atoms with van der Waals surface area (Å²) in [7, 11) is 0. The van der Waals surface area contributed by atoms with Crippen LogP contribution in [0.25, 0.3) is 10.9 Å². The Hall–Kier alpha value is -2.73. The lowest BCUT2D eigenvalue weighted by Gasteiger charge is -2.23. The molecule has 1 amide bonds. The molecule has 3 aromatic rings. The van der Waals surface area contributed by atoms with Crippen molar-refractivity contribution < 1.29 is 13.6 Å². The molecule has 140 valence electrons. The van der Waals surface area contributed by atoms with E-state index in [1.165, 1.54) is 11.3 Å². The van der Waals surface area contributed by atoms with Crippen LogP contribution in [0.5, 0.6) is 0 Å². The lowest BCUT2D eigenvalue weighted by molar-refractivity contribution is 0.102. The van der Waals surface area contributed by atoms with Crippen LogP contribution in [0.3, 0.4) is 0 Å². The number of carbonyl (C=O) groups is 1. The standard InChI is InChI=1S/C21H21F2N3O/c1-2-24-13-4-7-19-16(10-13)17-11-14(5-8-20(17)26-19)25-21(27)15-6-3-12(22)9-18(15)23/h3,5-6,8-9,11,13,24,26H,2,4,7,10H2,1H3,(H,25,27). The molecule has 1 atom stereocenters. The predicted molar refractivity (Wildman–Crippen MR) is 102 cm³/mol. The molecule has 4 nitrogen and oxygen atoms in total. The Morgan fingerprint density at radius 1 is 1.22 bits per heavy atom. The van der Waals surface area contributed by atoms with Gasteiger partial charge in [-0.15, -0.1) is 0 Å². The van der Waals surface area contributed by atoms with E-state index in [0.717, 1.165) is 48.8 Å². The molecule has 0 saturated carbocycles. The van der Waals surface area contributed by atoms with Crippen LogP contribution in [0.4, 0.5) is 14.5 Å². The van der Waals surface area contributed by atoms with Gasteiger partial charge >= 0.3 is 0 Å². The Morgan fingerprint density at radius 2 is 2.07 bits per heavy atom. The molecular weight excluding hydrogens is 348 g/mol. The highest BCUT2D eigenvalue weighted by molar-refractivity contribution is 6.05. The van der Waals surface area contributed by atoms with Crippen LogP contribution in [0.2, 0.25) is 0 Å². The van der Waals surface area contributed by atoms with E-state index < -0.39 is 17.5 Å². The van der Waals surface area contributed by atoms with Crippen molar-refractivity contribution in [1.29, 1.82) is 0 Å². The van der Waals surface area contributed by atoms with Gasteiger partial charge in [0.25, 0.3) is 5.91 Å². The SMILES string of the molecule is CCNC1CCc2[nH]c3ccc(NC(=O)c4ccc(F)cc4F)cc3c2C1. The van der Waals surface area contributed by atoms with Crippen LogP contribution >= 0.6 is 0 Å². The van der Waals surface area contributed by atoms with E-state index in [-0.39, 0.29) is 5.56 Å². The number of anilines is 1. The van der Waals surface area contributed by atoms with E-state index in [2.05, 4.69) is 22.5 Å². The van der Waals surface area contributed by atoms with Crippen molar-refractivity contribution in [3.05, 3.63) is 64.9 Å². The zero-order valence-corrected chi connectivity index (χ0v) is 15.0. The monoisotopic (exact) mass is 369 g/mol. The number of fused-ring (bicyclic) bond motifs is 3. The summed E-state index contributed by atoms with van der Waals surface area (Å²) in [5.41, 5.74) is 3.95. The highest BCUT2D eigenvalue weighted by Gasteiger charge is 2.22. The quantitative estimate of drug-likeness (QED) is 0.647. The maximum atomic E-state index is 13.8. The van der Waals surface area contributed by atoms with E-state index in [1.54, 1.807) is 6.07 Å². The minimum absolute atomic E-state index is 0.181. The molecule has 3 N–H and O–H groups in total. The first-order valence-corrected chi connectivity index (χ1v) is 9.18. The third kappa shape index (κ3) is 3.45. The highest BCUT2D eigenvalue weighted by atomic mass is 19.1. The molecule has 0 fully saturated rings. The Bertz CT molecular complexity index is 1010. The molecule has 0 bridgehead atoms. The maximum absolute atomic E-state index is 13.8. The molecule has 6 heteroatoms. The van der Waals surface area contributed by atoms with Crippen molar-refractivity contribution >= 4 is 22.5 Å². The van der Waals surface area contributed by atoms with Gasteiger partial charge in [0.1, 0.15) is 11.6 Å². The number of benzene rings is 2. The first kappa shape index (κ1) is 17.7. The topological polar surface area (TPSA) is 56.9 Å². The molecule has 1 aliphatic carbocycles. The van der Waals surface area contributed by atoms with Crippen LogP contribution in [0, 0.1) is 11.6 Å². The fraction of sp³-hybridized carbons (Fsp3) is 0.286. The summed E-state index contributed by atoms with van der Waals surface area (Å²) in [5, 5.41) is 7.29. The van der Waals surface area contributed by atoms with Gasteiger partial charge in [0.15, 0.2) is 0 Å². The number of aryl methyl sites for hydroxylation is 1. The van der Waals surface area contributed by atoms with Crippen LogP contribution in [0.15, 0.2) is 36.4 Å². The number of aromatic amines is 1. The molecule has 1 unspecified atom stereocenters. The molecule has 27 heavy (non-hydrogen) atoms. The number of halogens is 2. The molecule has 1 aromatic heterocycles. The fourth-order valence-electron chi connectivity index (χ4n) is 3.83. The summed E-state index contributed by atoms with van der Waals surface area (Å²) in [5.74, 6) is -2.18. The number of likely N-dealkylation sites (N-methyl/N-ethyl adjacent to an activating group) is 1. The number of amides is 1. The van der Waals surface area contributed by atoms with Gasteiger partial charge in [0.2, 0.25) is 0 Å². The van der Waals surface area contributed by atoms with E-state index >= 15 is 0 Å². The molecule has 2 aromatic carbocycles. The predicted octanol–water partition coefficient (Wildman–Crippen LogP) is 4.17. The van der Waals surface area contributed by atoms with Crippen molar-refractivity contribution in [3.8, 4) is 0 Å². The lowest BCUT2D eigenvalue weighted by atomic mass is 9.91. The molecule has 0 saturated heterocycles. The fourth-order valence-corrected chi connectivity index (χ4v) is 3.83. The van der Waals surface area contributed by atoms with Crippen molar-refractivity contribution in [2.24, 2.45) is 0 Å². The second-order valence-corrected chi connectivity index (χ2v) is 6.92. The number of rotatable bonds is 4. The Kier molecular flexibility index (Phi) is 4.66. The van der Waals surface area contributed by atoms with Gasteiger partial charge in [-0.2, -0.15) is 0 Å². The second-order valence-electron chi connectivity index (χ2n) is 6.92. The average Bonchev–Trinajstić information content (AvgIpc) is 2.99. The van der Waals surface area contributed by atoms with Gasteiger partial charge < -0.3 is 15.6 Å². The number of hydrogen-bond donors (Lipinski definition) is 3. The molecular formula is C21H21F2N3O. The van der Waals surface area contributed by atoms with Crippen molar-refractivity contribution in [1.82, 2.24) is 10.3 Å². The van der Waals surface area contributed by atoms with Gasteiger partial charge in [0, 0.05) is 34.4 Å². The maximum Gasteiger partial charge on any atom is 0.258 e. The number of hydrogen-bond acceptors (Lipinski definition) is 2. The molecule has 4 rings (SSSR count). The zero-order valence-electron chi connectivity index (χ0n) is 15.0. The number of H-pyrrole nitrogens is 1.